The number of hydrogen-bond acceptors (Lipinski definition) is 2. The first kappa shape index (κ1) is 38.5. The fourth-order valence-electron chi connectivity index (χ4n) is 10.9. The van der Waals surface area contributed by atoms with Crippen molar-refractivity contribution in [1.82, 2.24) is 0 Å². The predicted molar refractivity (Wildman–Crippen MR) is 264 cm³/mol. The summed E-state index contributed by atoms with van der Waals surface area (Å²) in [6.07, 6.45) is 0. The summed E-state index contributed by atoms with van der Waals surface area (Å²) in [5.41, 5.74) is 15.5. The van der Waals surface area contributed by atoms with Crippen molar-refractivity contribution in [3.8, 4) is 56.4 Å². The van der Waals surface area contributed by atoms with Crippen LogP contribution in [0.2, 0.25) is 0 Å². The van der Waals surface area contributed by atoms with Crippen LogP contribution >= 0.6 is 0 Å². The first-order valence-corrected chi connectivity index (χ1v) is 22.4. The molecule has 2 heterocycles. The summed E-state index contributed by atoms with van der Waals surface area (Å²) in [6, 6.07) is 89.7. The highest BCUT2D eigenvalue weighted by Crippen LogP contribution is 2.60. The van der Waals surface area contributed by atoms with E-state index in [9.17, 15) is 0 Å². The van der Waals surface area contributed by atoms with E-state index in [1.165, 1.54) is 33.4 Å². The lowest BCUT2D eigenvalue weighted by Crippen LogP contribution is -2.34. The summed E-state index contributed by atoms with van der Waals surface area (Å²) in [7, 11) is 0. The van der Waals surface area contributed by atoms with E-state index in [0.717, 1.165) is 73.1 Å². The molecule has 0 N–H and O–H groups in total. The van der Waals surface area contributed by atoms with Crippen molar-refractivity contribution in [2.75, 3.05) is 0 Å². The molecular weight excluding hydrogens is 789 g/mol. The van der Waals surface area contributed by atoms with Gasteiger partial charge >= 0.3 is 0 Å². The summed E-state index contributed by atoms with van der Waals surface area (Å²) in [4.78, 5) is 0. The zero-order valence-corrected chi connectivity index (χ0v) is 36.0. The molecule has 0 saturated carbocycles. The zero-order valence-electron chi connectivity index (χ0n) is 36.0. The third-order valence-corrected chi connectivity index (χ3v) is 13.7. The number of ether oxygens (including phenoxy) is 2. The topological polar surface area (TPSA) is 18.5 Å². The van der Waals surface area contributed by atoms with Gasteiger partial charge in [-0.05, 0) is 87.3 Å². The minimum absolute atomic E-state index is 0.642. The minimum Gasteiger partial charge on any atom is -0.456 e. The van der Waals surface area contributed by atoms with Crippen LogP contribution in [0.4, 0.5) is 0 Å². The van der Waals surface area contributed by atoms with E-state index in [1.807, 2.05) is 0 Å². The maximum atomic E-state index is 7.21. The van der Waals surface area contributed by atoms with Crippen molar-refractivity contribution >= 4 is 0 Å². The van der Waals surface area contributed by atoms with Gasteiger partial charge in [-0.3, -0.25) is 0 Å². The van der Waals surface area contributed by atoms with Crippen LogP contribution < -0.4 is 9.47 Å². The van der Waals surface area contributed by atoms with Gasteiger partial charge in [-0.15, -0.1) is 0 Å². The Bertz CT molecular complexity index is 3090. The molecule has 0 spiro atoms. The van der Waals surface area contributed by atoms with Crippen LogP contribution in [-0.4, -0.2) is 0 Å². The highest BCUT2D eigenvalue weighted by Gasteiger charge is 2.47. The second-order valence-corrected chi connectivity index (χ2v) is 17.1. The molecule has 0 fully saturated rings. The lowest BCUT2D eigenvalue weighted by Gasteiger charge is -2.42. The van der Waals surface area contributed by atoms with Crippen LogP contribution in [0.3, 0.4) is 0 Å². The quantitative estimate of drug-likeness (QED) is 0.159. The Balaban J connectivity index is 1.14. The van der Waals surface area contributed by atoms with Crippen LogP contribution in [0.15, 0.2) is 249 Å². The van der Waals surface area contributed by atoms with Crippen LogP contribution in [0.25, 0.3) is 33.4 Å². The molecule has 0 aromatic heterocycles. The highest BCUT2D eigenvalue weighted by molar-refractivity contribution is 5.89. The van der Waals surface area contributed by atoms with Crippen molar-refractivity contribution in [3.63, 3.8) is 0 Å². The van der Waals surface area contributed by atoms with Gasteiger partial charge in [-0.2, -0.15) is 0 Å². The van der Waals surface area contributed by atoms with E-state index in [-0.39, 0.29) is 0 Å². The fourth-order valence-corrected chi connectivity index (χ4v) is 10.9. The van der Waals surface area contributed by atoms with Crippen LogP contribution in [0, 0.1) is 6.92 Å². The standard InChI is InChI=1S/C63H44O2/c1-43-22-14-15-31-51(43)44-40-45(52-32-20-36-56-60(52)64-58-38-18-16-34-54(58)62(56,47-23-6-2-7-24-47)48-25-8-3-9-26-48)42-46(41-44)53-33-21-37-57-61(53)65-59-39-19-17-35-55(59)63(57,49-27-10-4-11-28-49)50-29-12-5-13-30-50/h2-42H,1H3. The largest absolute Gasteiger partial charge is 0.456 e. The van der Waals surface area contributed by atoms with Crippen molar-refractivity contribution in [1.29, 1.82) is 0 Å². The van der Waals surface area contributed by atoms with E-state index < -0.39 is 10.8 Å². The molecule has 2 aliphatic heterocycles. The molecule has 10 aromatic carbocycles. The molecule has 0 aliphatic carbocycles. The molecule has 308 valence electrons. The molecule has 0 bridgehead atoms. The summed E-state index contributed by atoms with van der Waals surface area (Å²) >= 11 is 0. The van der Waals surface area contributed by atoms with Crippen molar-refractivity contribution < 1.29 is 9.47 Å². The van der Waals surface area contributed by atoms with Crippen LogP contribution in [0.5, 0.6) is 23.0 Å². The second kappa shape index (κ2) is 15.6. The molecule has 0 amide bonds. The summed E-state index contributed by atoms with van der Waals surface area (Å²) < 4.78 is 14.4. The van der Waals surface area contributed by atoms with Gasteiger partial charge in [0.15, 0.2) is 0 Å². The summed E-state index contributed by atoms with van der Waals surface area (Å²) in [5.74, 6) is 3.38. The van der Waals surface area contributed by atoms with E-state index in [4.69, 9.17) is 9.47 Å². The Kier molecular flexibility index (Phi) is 9.21. The third-order valence-electron chi connectivity index (χ3n) is 13.7. The average molecular weight is 833 g/mol. The van der Waals surface area contributed by atoms with Gasteiger partial charge in [-0.1, -0.05) is 218 Å². The maximum Gasteiger partial charge on any atom is 0.140 e. The monoisotopic (exact) mass is 832 g/mol. The predicted octanol–water partition coefficient (Wildman–Crippen LogP) is 16.0. The summed E-state index contributed by atoms with van der Waals surface area (Å²) in [5, 5.41) is 0. The number of para-hydroxylation sites is 4. The van der Waals surface area contributed by atoms with Gasteiger partial charge < -0.3 is 9.47 Å². The Morgan fingerprint density at radius 2 is 0.585 bits per heavy atom. The van der Waals surface area contributed by atoms with E-state index in [0.29, 0.717) is 0 Å². The van der Waals surface area contributed by atoms with Gasteiger partial charge in [0.1, 0.15) is 23.0 Å². The van der Waals surface area contributed by atoms with Crippen molar-refractivity contribution in [2.24, 2.45) is 0 Å². The van der Waals surface area contributed by atoms with E-state index in [2.05, 4.69) is 256 Å². The minimum atomic E-state index is -0.642. The normalized spacial score (nSPS) is 13.8. The Morgan fingerprint density at radius 1 is 0.277 bits per heavy atom. The van der Waals surface area contributed by atoms with Gasteiger partial charge in [-0.25, -0.2) is 0 Å². The number of fused-ring (bicyclic) bond motifs is 4. The van der Waals surface area contributed by atoms with E-state index >= 15 is 0 Å². The molecule has 0 atom stereocenters. The molecular formula is C63H44O2. The molecule has 65 heavy (non-hydrogen) atoms. The molecule has 2 nitrogen and oxygen atoms in total. The fraction of sp³-hybridized carbons (Fsp3) is 0.0476. The van der Waals surface area contributed by atoms with Crippen molar-refractivity contribution in [3.05, 3.63) is 299 Å². The second-order valence-electron chi connectivity index (χ2n) is 17.1. The maximum absolute atomic E-state index is 7.21. The highest BCUT2D eigenvalue weighted by atomic mass is 16.5. The number of hydrogen-bond donors (Lipinski definition) is 0. The van der Waals surface area contributed by atoms with Crippen molar-refractivity contribution in [2.45, 2.75) is 17.8 Å². The first-order valence-electron chi connectivity index (χ1n) is 22.4. The molecule has 10 aromatic rings. The van der Waals surface area contributed by atoms with Gasteiger partial charge in [0, 0.05) is 33.4 Å². The van der Waals surface area contributed by atoms with E-state index in [1.54, 1.807) is 0 Å². The first-order chi connectivity index (χ1) is 32.2. The molecule has 2 heteroatoms. The third kappa shape index (κ3) is 5.95. The molecule has 0 radical (unpaired) electrons. The average Bonchev–Trinajstić information content (AvgIpc) is 3.38. The molecule has 12 rings (SSSR count). The van der Waals surface area contributed by atoms with Gasteiger partial charge in [0.05, 0.1) is 10.8 Å². The molecule has 0 unspecified atom stereocenters. The van der Waals surface area contributed by atoms with Gasteiger partial charge in [0.25, 0.3) is 0 Å². The smallest absolute Gasteiger partial charge is 0.140 e. The number of benzene rings is 10. The molecule has 0 saturated heterocycles. The number of rotatable bonds is 7. The molecule has 2 aliphatic rings. The lowest BCUT2D eigenvalue weighted by atomic mass is 9.63. The number of aryl methyl sites for hydroxylation is 1. The van der Waals surface area contributed by atoms with Gasteiger partial charge in [0.2, 0.25) is 0 Å². The lowest BCUT2D eigenvalue weighted by molar-refractivity contribution is 0.436. The summed E-state index contributed by atoms with van der Waals surface area (Å²) in [6.45, 7) is 2.19. The zero-order chi connectivity index (χ0) is 43.4. The SMILES string of the molecule is Cc1ccccc1-c1cc(-c2cccc3c2Oc2ccccc2C3(c2ccccc2)c2ccccc2)cc(-c2cccc3c2Oc2ccccc2C3(c2ccccc2)c2ccccc2)c1. The van der Waals surface area contributed by atoms with Crippen LogP contribution in [0.1, 0.15) is 50.1 Å². The Labute approximate surface area is 380 Å². The Hall–Kier alpha value is -8.20. The Morgan fingerprint density at radius 3 is 0.985 bits per heavy atom. The van der Waals surface area contributed by atoms with Crippen LogP contribution in [-0.2, 0) is 10.8 Å².